The van der Waals surface area contributed by atoms with Gasteiger partial charge in [0.2, 0.25) is 0 Å². The van der Waals surface area contributed by atoms with E-state index in [0.29, 0.717) is 11.5 Å². The van der Waals surface area contributed by atoms with Crippen LogP contribution in [0.5, 0.6) is 0 Å². The molecule has 0 unspecified atom stereocenters. The van der Waals surface area contributed by atoms with Crippen molar-refractivity contribution in [3.8, 4) is 0 Å². The summed E-state index contributed by atoms with van der Waals surface area (Å²) in [4.78, 5) is 16.4. The van der Waals surface area contributed by atoms with E-state index in [9.17, 15) is 4.79 Å². The Bertz CT molecular complexity index is 698. The van der Waals surface area contributed by atoms with Gasteiger partial charge in [0.05, 0.1) is 5.56 Å². The Morgan fingerprint density at radius 3 is 2.75 bits per heavy atom. The molecule has 1 spiro atoms. The summed E-state index contributed by atoms with van der Waals surface area (Å²) < 4.78 is 1.93. The van der Waals surface area contributed by atoms with Crippen LogP contribution in [0, 0.1) is 5.41 Å². The number of likely N-dealkylation sites (tertiary alicyclic amines) is 1. The molecule has 1 saturated carbocycles. The van der Waals surface area contributed by atoms with Crippen molar-refractivity contribution in [3.63, 3.8) is 0 Å². The molecule has 2 aromatic heterocycles. The van der Waals surface area contributed by atoms with Gasteiger partial charge in [0.1, 0.15) is 0 Å². The van der Waals surface area contributed by atoms with Crippen molar-refractivity contribution in [1.82, 2.24) is 14.8 Å². The van der Waals surface area contributed by atoms with Gasteiger partial charge in [0, 0.05) is 36.9 Å². The fourth-order valence-corrected chi connectivity index (χ4v) is 4.93. The maximum absolute atomic E-state index is 12.4. The first-order valence-electron chi connectivity index (χ1n) is 8.82. The van der Waals surface area contributed by atoms with Crippen molar-refractivity contribution in [2.24, 2.45) is 12.5 Å². The van der Waals surface area contributed by atoms with Crippen molar-refractivity contribution >= 4 is 17.2 Å². The second kappa shape index (κ2) is 6.37. The zero-order valence-corrected chi connectivity index (χ0v) is 15.0. The highest BCUT2D eigenvalue weighted by molar-refractivity contribution is 7.09. The van der Waals surface area contributed by atoms with Gasteiger partial charge in [-0.05, 0) is 61.7 Å². The number of piperidine rings is 1. The van der Waals surface area contributed by atoms with E-state index in [1.54, 1.807) is 0 Å². The summed E-state index contributed by atoms with van der Waals surface area (Å²) in [5, 5.41) is 5.45. The smallest absolute Gasteiger partial charge is 0.253 e. The average molecular weight is 343 g/mol. The molecule has 1 aliphatic carbocycles. The minimum Gasteiger partial charge on any atom is -0.356 e. The summed E-state index contributed by atoms with van der Waals surface area (Å²) in [6, 6.07) is 6.60. The number of carbonyl (C=O) groups excluding carboxylic acids is 1. The predicted octanol–water partition coefficient (Wildman–Crippen LogP) is 3.26. The van der Waals surface area contributed by atoms with Crippen molar-refractivity contribution in [2.75, 3.05) is 13.1 Å². The lowest BCUT2D eigenvalue weighted by atomic mass is 9.59. The molecule has 0 radical (unpaired) electrons. The number of nitrogens with one attached hydrogen (secondary N) is 1. The maximum Gasteiger partial charge on any atom is 0.253 e. The SMILES string of the molecule is Cn1ccc(C(=O)N[C@@H]2CCC23CCN(Cc2cccs2)CC3)c1. The van der Waals surface area contributed by atoms with Gasteiger partial charge >= 0.3 is 0 Å². The summed E-state index contributed by atoms with van der Waals surface area (Å²) >= 11 is 1.84. The summed E-state index contributed by atoms with van der Waals surface area (Å²) in [6.07, 6.45) is 8.62. The second-order valence-corrected chi connectivity index (χ2v) is 8.38. The number of hydrogen-bond donors (Lipinski definition) is 1. The van der Waals surface area contributed by atoms with Crippen molar-refractivity contribution < 1.29 is 4.79 Å². The molecular formula is C19H25N3OS. The van der Waals surface area contributed by atoms with Crippen LogP contribution in [0.2, 0.25) is 0 Å². The predicted molar refractivity (Wildman–Crippen MR) is 97.2 cm³/mol. The zero-order chi connectivity index (χ0) is 16.6. The van der Waals surface area contributed by atoms with Crippen LogP contribution in [-0.2, 0) is 13.6 Å². The summed E-state index contributed by atoms with van der Waals surface area (Å²) in [6.45, 7) is 3.38. The molecule has 1 amide bonds. The number of aryl methyl sites for hydroxylation is 1. The molecule has 0 bridgehead atoms. The van der Waals surface area contributed by atoms with Crippen molar-refractivity contribution in [3.05, 3.63) is 46.4 Å². The minimum absolute atomic E-state index is 0.0840. The van der Waals surface area contributed by atoms with E-state index in [1.165, 1.54) is 24.1 Å². The first kappa shape index (κ1) is 15.9. The number of rotatable bonds is 4. The highest BCUT2D eigenvalue weighted by Crippen LogP contribution is 2.49. The first-order valence-corrected chi connectivity index (χ1v) is 9.70. The van der Waals surface area contributed by atoms with E-state index in [0.717, 1.165) is 31.6 Å². The molecule has 3 heterocycles. The lowest BCUT2D eigenvalue weighted by molar-refractivity contribution is -0.00686. The Morgan fingerprint density at radius 2 is 2.17 bits per heavy atom. The number of carbonyl (C=O) groups is 1. The molecule has 0 aromatic carbocycles. The van der Waals surface area contributed by atoms with Gasteiger partial charge in [-0.25, -0.2) is 0 Å². The largest absolute Gasteiger partial charge is 0.356 e. The molecule has 2 aliphatic rings. The van der Waals surface area contributed by atoms with Crippen LogP contribution < -0.4 is 5.32 Å². The highest BCUT2D eigenvalue weighted by Gasteiger charge is 2.48. The summed E-state index contributed by atoms with van der Waals surface area (Å²) in [7, 11) is 1.95. The molecule has 2 fully saturated rings. The van der Waals surface area contributed by atoms with E-state index in [4.69, 9.17) is 0 Å². The standard InChI is InChI=1S/C19H25N3OS/c1-21-9-5-15(13-21)18(23)20-17-4-6-19(17)7-10-22(11-8-19)14-16-3-2-12-24-16/h2-3,5,9,12-13,17H,4,6-8,10-11,14H2,1H3,(H,20,23)/t17-/m1/s1. The summed E-state index contributed by atoms with van der Waals surface area (Å²) in [5.41, 5.74) is 1.12. The normalized spacial score (nSPS) is 23.1. The zero-order valence-electron chi connectivity index (χ0n) is 14.2. The van der Waals surface area contributed by atoms with E-state index in [2.05, 4.69) is 27.7 Å². The minimum atomic E-state index is 0.0840. The lowest BCUT2D eigenvalue weighted by Gasteiger charge is -2.54. The third-order valence-electron chi connectivity index (χ3n) is 5.88. The number of hydrogen-bond acceptors (Lipinski definition) is 3. The van der Waals surface area contributed by atoms with Gasteiger partial charge in [0.15, 0.2) is 0 Å². The van der Waals surface area contributed by atoms with Gasteiger partial charge in [0.25, 0.3) is 5.91 Å². The Labute approximate surface area is 147 Å². The summed E-state index contributed by atoms with van der Waals surface area (Å²) in [5.74, 6) is 0.0840. The van der Waals surface area contributed by atoms with Crippen LogP contribution in [0.15, 0.2) is 36.0 Å². The van der Waals surface area contributed by atoms with E-state index >= 15 is 0 Å². The van der Waals surface area contributed by atoms with Crippen LogP contribution in [0.4, 0.5) is 0 Å². The van der Waals surface area contributed by atoms with Crippen molar-refractivity contribution in [2.45, 2.75) is 38.3 Å². The first-order chi connectivity index (χ1) is 11.6. The van der Waals surface area contributed by atoms with E-state index in [1.807, 2.05) is 41.4 Å². The lowest BCUT2D eigenvalue weighted by Crippen LogP contribution is -2.59. The van der Waals surface area contributed by atoms with Gasteiger partial charge in [-0.1, -0.05) is 6.07 Å². The molecule has 1 N–H and O–H groups in total. The molecule has 24 heavy (non-hydrogen) atoms. The third-order valence-corrected chi connectivity index (χ3v) is 6.74. The van der Waals surface area contributed by atoms with Gasteiger partial charge in [-0.3, -0.25) is 9.69 Å². The number of nitrogens with zero attached hydrogens (tertiary/aromatic N) is 2. The fraction of sp³-hybridized carbons (Fsp3) is 0.526. The molecule has 4 nitrogen and oxygen atoms in total. The molecular weight excluding hydrogens is 318 g/mol. The van der Waals surface area contributed by atoms with Crippen LogP contribution in [0.3, 0.4) is 0 Å². The number of thiophene rings is 1. The molecule has 2 aromatic rings. The Balaban J connectivity index is 1.32. The average Bonchev–Trinajstić information content (AvgIpc) is 3.24. The molecule has 1 atom stereocenters. The fourth-order valence-electron chi connectivity index (χ4n) is 4.18. The number of aromatic nitrogens is 1. The van der Waals surface area contributed by atoms with Crippen LogP contribution >= 0.6 is 11.3 Å². The van der Waals surface area contributed by atoms with Gasteiger partial charge in [-0.2, -0.15) is 0 Å². The highest BCUT2D eigenvalue weighted by atomic mass is 32.1. The van der Waals surface area contributed by atoms with E-state index < -0.39 is 0 Å². The number of amides is 1. The van der Waals surface area contributed by atoms with E-state index in [-0.39, 0.29) is 5.91 Å². The van der Waals surface area contributed by atoms with Crippen LogP contribution in [-0.4, -0.2) is 34.5 Å². The second-order valence-electron chi connectivity index (χ2n) is 7.35. The van der Waals surface area contributed by atoms with Crippen LogP contribution in [0.1, 0.15) is 40.9 Å². The van der Waals surface area contributed by atoms with Crippen molar-refractivity contribution in [1.29, 1.82) is 0 Å². The topological polar surface area (TPSA) is 37.3 Å². The molecule has 4 rings (SSSR count). The Hall–Kier alpha value is -1.59. The van der Waals surface area contributed by atoms with Crippen LogP contribution in [0.25, 0.3) is 0 Å². The monoisotopic (exact) mass is 343 g/mol. The maximum atomic E-state index is 12.4. The molecule has 1 aliphatic heterocycles. The van der Waals surface area contributed by atoms with Gasteiger partial charge in [-0.15, -0.1) is 11.3 Å². The quantitative estimate of drug-likeness (QED) is 0.925. The Morgan fingerprint density at radius 1 is 1.33 bits per heavy atom. The van der Waals surface area contributed by atoms with Gasteiger partial charge < -0.3 is 9.88 Å². The molecule has 5 heteroatoms. The molecule has 128 valence electrons. The third kappa shape index (κ3) is 3.03. The molecule has 1 saturated heterocycles. The Kier molecular flexibility index (Phi) is 4.22.